The summed E-state index contributed by atoms with van der Waals surface area (Å²) >= 11 is 1.50. The van der Waals surface area contributed by atoms with E-state index in [0.29, 0.717) is 32.0 Å². The SMILES string of the molecule is O=[N+]([O-])c1cccc(-c2csc(=Nc3ccc(S(=O)(=O)N4CCOCC4)cc3)n2C2CCCCCCC2)c1. The first-order chi connectivity index (χ1) is 18.4. The van der Waals surface area contributed by atoms with Crippen LogP contribution in [0.25, 0.3) is 11.3 Å². The van der Waals surface area contributed by atoms with Gasteiger partial charge in [-0.05, 0) is 37.1 Å². The van der Waals surface area contributed by atoms with Gasteiger partial charge in [0.1, 0.15) is 0 Å². The number of nitro benzene ring substituents is 1. The zero-order valence-electron chi connectivity index (χ0n) is 21.2. The van der Waals surface area contributed by atoms with Gasteiger partial charge in [-0.25, -0.2) is 13.4 Å². The molecule has 38 heavy (non-hydrogen) atoms. The van der Waals surface area contributed by atoms with Crippen LogP contribution < -0.4 is 4.80 Å². The van der Waals surface area contributed by atoms with Crippen LogP contribution in [-0.2, 0) is 14.8 Å². The monoisotopic (exact) mass is 556 g/mol. The highest BCUT2D eigenvalue weighted by molar-refractivity contribution is 7.89. The molecule has 5 rings (SSSR count). The molecule has 2 aliphatic rings. The highest BCUT2D eigenvalue weighted by atomic mass is 32.2. The second kappa shape index (κ2) is 11.9. The third-order valence-electron chi connectivity index (χ3n) is 7.20. The van der Waals surface area contributed by atoms with Crippen molar-refractivity contribution >= 4 is 32.7 Å². The van der Waals surface area contributed by atoms with Crippen molar-refractivity contribution in [2.45, 2.75) is 55.9 Å². The van der Waals surface area contributed by atoms with Crippen LogP contribution in [0.4, 0.5) is 11.4 Å². The summed E-state index contributed by atoms with van der Waals surface area (Å²) in [5.74, 6) is 0. The molecule has 0 unspecified atom stereocenters. The molecule has 0 atom stereocenters. The molecule has 2 fully saturated rings. The molecule has 0 bridgehead atoms. The van der Waals surface area contributed by atoms with Gasteiger partial charge >= 0.3 is 0 Å². The number of aromatic nitrogens is 1. The first kappa shape index (κ1) is 26.7. The molecular formula is C27H32N4O5S2. The maximum absolute atomic E-state index is 13.0. The number of rotatable bonds is 6. The fourth-order valence-electron chi connectivity index (χ4n) is 5.18. The first-order valence-electron chi connectivity index (χ1n) is 13.1. The predicted octanol–water partition coefficient (Wildman–Crippen LogP) is 5.66. The van der Waals surface area contributed by atoms with Crippen molar-refractivity contribution in [1.29, 1.82) is 0 Å². The van der Waals surface area contributed by atoms with Gasteiger partial charge in [-0.3, -0.25) is 10.1 Å². The van der Waals surface area contributed by atoms with E-state index in [1.165, 1.54) is 41.0 Å². The summed E-state index contributed by atoms with van der Waals surface area (Å²) < 4.78 is 35.0. The Labute approximate surface area is 226 Å². The number of non-ortho nitro benzene ring substituents is 1. The largest absolute Gasteiger partial charge is 0.379 e. The van der Waals surface area contributed by atoms with Crippen LogP contribution in [0.3, 0.4) is 0 Å². The molecule has 1 saturated carbocycles. The third kappa shape index (κ3) is 5.90. The smallest absolute Gasteiger partial charge is 0.270 e. The summed E-state index contributed by atoms with van der Waals surface area (Å²) in [6.45, 7) is 1.51. The van der Waals surface area contributed by atoms with Crippen molar-refractivity contribution in [3.63, 3.8) is 0 Å². The maximum Gasteiger partial charge on any atom is 0.270 e. The van der Waals surface area contributed by atoms with Gasteiger partial charge in [0, 0.05) is 42.2 Å². The lowest BCUT2D eigenvalue weighted by Crippen LogP contribution is -2.40. The van der Waals surface area contributed by atoms with Gasteiger partial charge < -0.3 is 9.30 Å². The van der Waals surface area contributed by atoms with Gasteiger partial charge in [0.2, 0.25) is 10.0 Å². The molecule has 1 saturated heterocycles. The summed E-state index contributed by atoms with van der Waals surface area (Å²) in [5, 5.41) is 13.5. The molecule has 0 amide bonds. The van der Waals surface area contributed by atoms with E-state index in [9.17, 15) is 18.5 Å². The topological polar surface area (TPSA) is 107 Å². The van der Waals surface area contributed by atoms with Crippen LogP contribution in [-0.4, -0.2) is 48.5 Å². The molecule has 0 N–H and O–H groups in total. The lowest BCUT2D eigenvalue weighted by atomic mass is 9.96. The lowest BCUT2D eigenvalue weighted by Gasteiger charge is -2.26. The van der Waals surface area contributed by atoms with Crippen molar-refractivity contribution in [1.82, 2.24) is 8.87 Å². The summed E-state index contributed by atoms with van der Waals surface area (Å²) in [4.78, 5) is 17.0. The number of benzene rings is 2. The Morgan fingerprint density at radius 2 is 1.66 bits per heavy atom. The quantitative estimate of drug-likeness (QED) is 0.287. The van der Waals surface area contributed by atoms with Gasteiger partial charge in [0.05, 0.1) is 34.4 Å². The molecular weight excluding hydrogens is 524 g/mol. The number of thiazole rings is 1. The van der Waals surface area contributed by atoms with E-state index in [1.54, 1.807) is 36.4 Å². The summed E-state index contributed by atoms with van der Waals surface area (Å²) in [6.07, 6.45) is 8.00. The molecule has 202 valence electrons. The van der Waals surface area contributed by atoms with Gasteiger partial charge in [0.15, 0.2) is 4.80 Å². The van der Waals surface area contributed by atoms with Crippen molar-refractivity contribution < 1.29 is 18.1 Å². The number of hydrogen-bond donors (Lipinski definition) is 0. The average molecular weight is 557 g/mol. The second-order valence-corrected chi connectivity index (χ2v) is 12.5. The van der Waals surface area contributed by atoms with E-state index in [0.717, 1.165) is 41.7 Å². The minimum Gasteiger partial charge on any atom is -0.379 e. The summed E-state index contributed by atoms with van der Waals surface area (Å²) in [6, 6.07) is 13.7. The van der Waals surface area contributed by atoms with E-state index >= 15 is 0 Å². The Hall–Kier alpha value is -2.86. The fourth-order valence-corrected chi connectivity index (χ4v) is 7.57. The molecule has 2 heterocycles. The van der Waals surface area contributed by atoms with E-state index in [1.807, 2.05) is 11.4 Å². The van der Waals surface area contributed by atoms with Crippen molar-refractivity contribution in [2.24, 2.45) is 4.99 Å². The minimum atomic E-state index is -3.57. The number of hydrogen-bond acceptors (Lipinski definition) is 7. The molecule has 1 aliphatic heterocycles. The highest BCUT2D eigenvalue weighted by Crippen LogP contribution is 2.32. The second-order valence-electron chi connectivity index (χ2n) is 9.70. The van der Waals surface area contributed by atoms with Gasteiger partial charge in [-0.1, -0.05) is 44.2 Å². The van der Waals surface area contributed by atoms with Crippen LogP contribution in [0, 0.1) is 10.1 Å². The van der Waals surface area contributed by atoms with Gasteiger partial charge in [-0.15, -0.1) is 11.3 Å². The van der Waals surface area contributed by atoms with E-state index in [-0.39, 0.29) is 21.5 Å². The summed E-state index contributed by atoms with van der Waals surface area (Å²) in [5.41, 5.74) is 2.45. The van der Waals surface area contributed by atoms with Crippen LogP contribution >= 0.6 is 11.3 Å². The van der Waals surface area contributed by atoms with Crippen molar-refractivity contribution in [2.75, 3.05) is 26.3 Å². The minimum absolute atomic E-state index is 0.0634. The zero-order chi connectivity index (χ0) is 26.5. The van der Waals surface area contributed by atoms with Gasteiger partial charge in [0.25, 0.3) is 5.69 Å². The molecule has 0 spiro atoms. The zero-order valence-corrected chi connectivity index (χ0v) is 22.8. The predicted molar refractivity (Wildman–Crippen MR) is 147 cm³/mol. The first-order valence-corrected chi connectivity index (χ1v) is 15.4. The molecule has 11 heteroatoms. The molecule has 1 aliphatic carbocycles. The number of ether oxygens (including phenoxy) is 1. The molecule has 1 aromatic heterocycles. The third-order valence-corrected chi connectivity index (χ3v) is 9.96. The van der Waals surface area contributed by atoms with Gasteiger partial charge in [-0.2, -0.15) is 4.31 Å². The molecule has 9 nitrogen and oxygen atoms in total. The number of nitro groups is 1. The maximum atomic E-state index is 13.0. The lowest BCUT2D eigenvalue weighted by molar-refractivity contribution is -0.384. The molecule has 3 aromatic rings. The normalized spacial score (nSPS) is 18.7. The number of sulfonamides is 1. The molecule has 2 aromatic carbocycles. The Bertz CT molecular complexity index is 1430. The van der Waals surface area contributed by atoms with Crippen LogP contribution in [0.5, 0.6) is 0 Å². The fraction of sp³-hybridized carbons (Fsp3) is 0.444. The highest BCUT2D eigenvalue weighted by Gasteiger charge is 2.26. The van der Waals surface area contributed by atoms with E-state index < -0.39 is 10.0 Å². The standard InChI is InChI=1S/C27H32N4O5S2/c32-31(33)24-10-6-7-21(19-24)26-20-37-27(30(26)23-8-4-2-1-3-5-9-23)28-22-11-13-25(14-12-22)38(34,35)29-15-17-36-18-16-29/h6-7,10-14,19-20,23H,1-5,8-9,15-18H2. The van der Waals surface area contributed by atoms with Crippen molar-refractivity contribution in [3.05, 3.63) is 68.8 Å². The van der Waals surface area contributed by atoms with Crippen LogP contribution in [0.1, 0.15) is 51.0 Å². The van der Waals surface area contributed by atoms with E-state index in [2.05, 4.69) is 4.57 Å². The Morgan fingerprint density at radius 1 is 0.974 bits per heavy atom. The Kier molecular flexibility index (Phi) is 8.37. The Morgan fingerprint density at radius 3 is 2.34 bits per heavy atom. The van der Waals surface area contributed by atoms with E-state index in [4.69, 9.17) is 9.73 Å². The molecule has 0 radical (unpaired) electrons. The van der Waals surface area contributed by atoms with Crippen LogP contribution in [0.2, 0.25) is 0 Å². The Balaban J connectivity index is 1.53. The van der Waals surface area contributed by atoms with Crippen molar-refractivity contribution in [3.8, 4) is 11.3 Å². The number of nitrogens with zero attached hydrogens (tertiary/aromatic N) is 4. The summed E-state index contributed by atoms with van der Waals surface area (Å²) in [7, 11) is -3.57. The number of morpholine rings is 1. The van der Waals surface area contributed by atoms with Crippen LogP contribution in [0.15, 0.2) is 63.8 Å². The average Bonchev–Trinajstić information content (AvgIpc) is 3.32.